The summed E-state index contributed by atoms with van der Waals surface area (Å²) in [6.45, 7) is 0.950. The Bertz CT molecular complexity index is 622. The van der Waals surface area contributed by atoms with E-state index in [1.165, 1.54) is 24.3 Å². The van der Waals surface area contributed by atoms with E-state index in [9.17, 15) is 9.18 Å². The summed E-state index contributed by atoms with van der Waals surface area (Å²) in [7, 11) is 3.76. The minimum Gasteiger partial charge on any atom is -0.476 e. The van der Waals surface area contributed by atoms with E-state index in [0.717, 1.165) is 0 Å². The van der Waals surface area contributed by atoms with Gasteiger partial charge < -0.3 is 19.2 Å². The fourth-order valence-corrected chi connectivity index (χ4v) is 1.62. The van der Waals surface area contributed by atoms with Gasteiger partial charge in [0.2, 0.25) is 0 Å². The number of nitrogens with zero attached hydrogens (tertiary/aromatic N) is 2. The average Bonchev–Trinajstić information content (AvgIpc) is 2.83. The summed E-state index contributed by atoms with van der Waals surface area (Å²) in [6, 6.07) is 5.28. The van der Waals surface area contributed by atoms with E-state index in [4.69, 9.17) is 14.3 Å². The fourth-order valence-electron chi connectivity index (χ4n) is 1.62. The molecule has 0 bridgehead atoms. The summed E-state index contributed by atoms with van der Waals surface area (Å²) < 4.78 is 23.5. The smallest absolute Gasteiger partial charge is 0.394 e. The van der Waals surface area contributed by atoms with E-state index in [1.54, 1.807) is 0 Å². The number of carbonyl (C=O) groups is 1. The van der Waals surface area contributed by atoms with Crippen LogP contribution in [0.25, 0.3) is 11.3 Å². The molecule has 0 spiro atoms. The lowest BCUT2D eigenvalue weighted by atomic mass is 10.1. The molecule has 0 atom stereocenters. The van der Waals surface area contributed by atoms with Crippen LogP contribution in [0.1, 0.15) is 10.5 Å². The molecule has 0 aliphatic rings. The van der Waals surface area contributed by atoms with E-state index in [0.29, 0.717) is 18.7 Å². The minimum atomic E-state index is -1.24. The molecule has 1 heterocycles. The highest BCUT2D eigenvalue weighted by Crippen LogP contribution is 2.28. The second-order valence-electron chi connectivity index (χ2n) is 4.62. The number of carboxylic acids is 1. The normalized spacial score (nSPS) is 10.9. The molecule has 1 aromatic heterocycles. The summed E-state index contributed by atoms with van der Waals surface area (Å²) >= 11 is 0. The number of likely N-dealkylation sites (N-methyl/N-ethyl adjacent to an activating group) is 1. The van der Waals surface area contributed by atoms with Gasteiger partial charge in [-0.05, 0) is 38.4 Å². The Kier molecular flexibility index (Phi) is 4.54. The van der Waals surface area contributed by atoms with Gasteiger partial charge in [0.1, 0.15) is 12.4 Å². The Morgan fingerprint density at radius 2 is 2.05 bits per heavy atom. The molecule has 0 aliphatic heterocycles. The Balaban J connectivity index is 2.25. The predicted molar refractivity (Wildman–Crippen MR) is 72.9 cm³/mol. The van der Waals surface area contributed by atoms with Gasteiger partial charge in [-0.1, -0.05) is 0 Å². The molecule has 1 aromatic carbocycles. The second kappa shape index (κ2) is 6.36. The maximum absolute atomic E-state index is 12.9. The summed E-state index contributed by atoms with van der Waals surface area (Å²) in [4.78, 5) is 16.9. The third-order valence-corrected chi connectivity index (χ3v) is 2.68. The maximum atomic E-state index is 12.9. The molecule has 0 radical (unpaired) electrons. The van der Waals surface area contributed by atoms with Crippen molar-refractivity contribution in [2.45, 2.75) is 0 Å². The van der Waals surface area contributed by atoms with Crippen molar-refractivity contribution in [3.8, 4) is 17.4 Å². The van der Waals surface area contributed by atoms with Crippen LogP contribution in [0, 0.1) is 5.82 Å². The molecule has 0 saturated heterocycles. The Hall–Kier alpha value is -2.41. The number of aromatic carboxylic acids is 1. The largest absolute Gasteiger partial charge is 0.476 e. The molecule has 0 unspecified atom stereocenters. The van der Waals surface area contributed by atoms with Crippen molar-refractivity contribution in [3.63, 3.8) is 0 Å². The molecular weight excluding hydrogens is 279 g/mol. The quantitative estimate of drug-likeness (QED) is 0.879. The molecule has 21 heavy (non-hydrogen) atoms. The van der Waals surface area contributed by atoms with Gasteiger partial charge >= 0.3 is 12.0 Å². The monoisotopic (exact) mass is 294 g/mol. The SMILES string of the molecule is CN(C)CCOc1nc(C(=O)O)c(-c2ccc(F)cc2)o1. The van der Waals surface area contributed by atoms with Crippen LogP contribution in [0.3, 0.4) is 0 Å². The van der Waals surface area contributed by atoms with Gasteiger partial charge in [0.25, 0.3) is 0 Å². The van der Waals surface area contributed by atoms with Crippen molar-refractivity contribution < 1.29 is 23.4 Å². The van der Waals surface area contributed by atoms with Crippen LogP contribution in [0.5, 0.6) is 6.08 Å². The Morgan fingerprint density at radius 3 is 2.62 bits per heavy atom. The summed E-state index contributed by atoms with van der Waals surface area (Å²) in [5.74, 6) is -1.61. The van der Waals surface area contributed by atoms with Crippen LogP contribution in [-0.2, 0) is 0 Å². The summed E-state index contributed by atoms with van der Waals surface area (Å²) in [5.41, 5.74) is 0.158. The summed E-state index contributed by atoms with van der Waals surface area (Å²) in [6.07, 6.45) is -0.117. The average molecular weight is 294 g/mol. The number of hydrogen-bond acceptors (Lipinski definition) is 5. The molecule has 0 saturated carbocycles. The third kappa shape index (κ3) is 3.79. The van der Waals surface area contributed by atoms with Crippen molar-refractivity contribution >= 4 is 5.97 Å². The summed E-state index contributed by atoms with van der Waals surface area (Å²) in [5, 5.41) is 9.15. The number of aromatic nitrogens is 1. The Morgan fingerprint density at radius 1 is 1.38 bits per heavy atom. The molecule has 0 amide bonds. The van der Waals surface area contributed by atoms with Crippen molar-refractivity contribution in [1.82, 2.24) is 9.88 Å². The van der Waals surface area contributed by atoms with E-state index < -0.39 is 11.8 Å². The molecule has 2 rings (SSSR count). The number of ether oxygens (including phenoxy) is 1. The molecule has 6 nitrogen and oxygen atoms in total. The predicted octanol–water partition coefficient (Wildman–Crippen LogP) is 2.12. The zero-order valence-electron chi connectivity index (χ0n) is 11.7. The highest BCUT2D eigenvalue weighted by Gasteiger charge is 2.21. The zero-order valence-corrected chi connectivity index (χ0v) is 11.7. The van der Waals surface area contributed by atoms with Crippen molar-refractivity contribution in [2.24, 2.45) is 0 Å². The number of carboxylic acid groups (broad SMARTS) is 1. The standard InChI is InChI=1S/C14H15FN2O4/c1-17(2)7-8-20-14-16-11(13(18)19)12(21-14)9-3-5-10(15)6-4-9/h3-6H,7-8H2,1-2H3,(H,18,19). The van der Waals surface area contributed by atoms with E-state index >= 15 is 0 Å². The van der Waals surface area contributed by atoms with Gasteiger partial charge in [0.15, 0.2) is 11.5 Å². The van der Waals surface area contributed by atoms with Crippen molar-refractivity contribution in [3.05, 3.63) is 35.8 Å². The first-order chi connectivity index (χ1) is 9.97. The first-order valence-corrected chi connectivity index (χ1v) is 6.25. The van der Waals surface area contributed by atoms with Gasteiger partial charge in [0.05, 0.1) is 0 Å². The van der Waals surface area contributed by atoms with E-state index in [-0.39, 0.29) is 17.5 Å². The van der Waals surface area contributed by atoms with Crippen LogP contribution >= 0.6 is 0 Å². The van der Waals surface area contributed by atoms with Gasteiger partial charge in [-0.3, -0.25) is 0 Å². The number of benzene rings is 1. The fraction of sp³-hybridized carbons (Fsp3) is 0.286. The van der Waals surface area contributed by atoms with Gasteiger partial charge in [-0.15, -0.1) is 0 Å². The third-order valence-electron chi connectivity index (χ3n) is 2.68. The number of halogens is 1. The van der Waals surface area contributed by atoms with Crippen molar-refractivity contribution in [2.75, 3.05) is 27.2 Å². The first kappa shape index (κ1) is 15.0. The van der Waals surface area contributed by atoms with E-state index in [2.05, 4.69) is 4.98 Å². The number of hydrogen-bond donors (Lipinski definition) is 1. The lowest BCUT2D eigenvalue weighted by Crippen LogP contribution is -2.19. The zero-order chi connectivity index (χ0) is 15.4. The molecule has 0 aliphatic carbocycles. The van der Waals surface area contributed by atoms with Crippen molar-refractivity contribution in [1.29, 1.82) is 0 Å². The van der Waals surface area contributed by atoms with Crippen LogP contribution in [0.15, 0.2) is 28.7 Å². The lowest BCUT2D eigenvalue weighted by molar-refractivity contribution is 0.0691. The maximum Gasteiger partial charge on any atom is 0.394 e. The van der Waals surface area contributed by atoms with Crippen LogP contribution in [0.4, 0.5) is 4.39 Å². The second-order valence-corrected chi connectivity index (χ2v) is 4.62. The van der Waals surface area contributed by atoms with Gasteiger partial charge in [-0.25, -0.2) is 9.18 Å². The topological polar surface area (TPSA) is 75.8 Å². The number of rotatable bonds is 6. The number of oxazole rings is 1. The molecule has 112 valence electrons. The molecule has 2 aromatic rings. The van der Waals surface area contributed by atoms with Crippen LogP contribution in [0.2, 0.25) is 0 Å². The molecule has 0 fully saturated rings. The van der Waals surface area contributed by atoms with Gasteiger partial charge in [-0.2, -0.15) is 4.98 Å². The molecular formula is C14H15FN2O4. The Labute approximate surface area is 120 Å². The van der Waals surface area contributed by atoms with Crippen LogP contribution in [-0.4, -0.2) is 48.2 Å². The molecule has 1 N–H and O–H groups in total. The van der Waals surface area contributed by atoms with E-state index in [1.807, 2.05) is 19.0 Å². The minimum absolute atomic E-state index is 0.0438. The lowest BCUT2D eigenvalue weighted by Gasteiger charge is -2.07. The highest BCUT2D eigenvalue weighted by atomic mass is 19.1. The first-order valence-electron chi connectivity index (χ1n) is 6.25. The highest BCUT2D eigenvalue weighted by molar-refractivity contribution is 5.92. The van der Waals surface area contributed by atoms with Crippen LogP contribution < -0.4 is 4.74 Å². The van der Waals surface area contributed by atoms with Gasteiger partial charge in [0, 0.05) is 12.1 Å². The molecule has 7 heteroatoms.